The predicted molar refractivity (Wildman–Crippen MR) is 76.7 cm³/mol. The van der Waals surface area contributed by atoms with Crippen molar-refractivity contribution in [1.82, 2.24) is 5.32 Å². The number of primary amides is 1. The lowest BCUT2D eigenvalue weighted by molar-refractivity contribution is 0.197. The van der Waals surface area contributed by atoms with Crippen molar-refractivity contribution < 1.29 is 15.0 Å². The number of amides is 2. The van der Waals surface area contributed by atoms with E-state index in [2.05, 4.69) is 10.6 Å². The first-order chi connectivity index (χ1) is 9.58. The fourth-order valence-corrected chi connectivity index (χ4v) is 2.64. The van der Waals surface area contributed by atoms with Crippen LogP contribution < -0.4 is 16.4 Å². The van der Waals surface area contributed by atoms with Crippen molar-refractivity contribution in [2.24, 2.45) is 5.73 Å². The number of aliphatic hydroxyl groups excluding tert-OH is 1. The molecule has 2 unspecified atom stereocenters. The zero-order valence-electron chi connectivity index (χ0n) is 11.3. The van der Waals surface area contributed by atoms with Crippen LogP contribution in [0.5, 0.6) is 5.75 Å². The van der Waals surface area contributed by atoms with Crippen LogP contribution in [-0.4, -0.2) is 34.9 Å². The van der Waals surface area contributed by atoms with Crippen LogP contribution in [0.2, 0.25) is 0 Å². The number of benzene rings is 1. The Morgan fingerprint density at radius 1 is 1.40 bits per heavy atom. The number of nitrogens with two attached hydrogens (primary N) is 1. The molecule has 1 fully saturated rings. The summed E-state index contributed by atoms with van der Waals surface area (Å²) in [6.45, 7) is 0.153. The molecule has 1 aliphatic rings. The third-order valence-electron chi connectivity index (χ3n) is 3.60. The van der Waals surface area contributed by atoms with Gasteiger partial charge in [0.05, 0.1) is 12.3 Å². The molecule has 1 aromatic rings. The number of carbonyl (C=O) groups excluding carboxylic acids is 1. The maximum atomic E-state index is 10.9. The second-order valence-corrected chi connectivity index (χ2v) is 5.22. The van der Waals surface area contributed by atoms with E-state index < -0.39 is 6.03 Å². The van der Waals surface area contributed by atoms with E-state index in [1.54, 1.807) is 12.1 Å². The molecule has 20 heavy (non-hydrogen) atoms. The maximum absolute atomic E-state index is 10.9. The topological polar surface area (TPSA) is 108 Å². The summed E-state index contributed by atoms with van der Waals surface area (Å²) in [7, 11) is 0. The highest BCUT2D eigenvalue weighted by Gasteiger charge is 2.20. The highest BCUT2D eigenvalue weighted by atomic mass is 16.3. The van der Waals surface area contributed by atoms with Gasteiger partial charge in [-0.05, 0) is 37.0 Å². The number of aromatic hydroxyl groups is 1. The van der Waals surface area contributed by atoms with Crippen LogP contribution in [0.1, 0.15) is 24.8 Å². The molecule has 110 valence electrons. The van der Waals surface area contributed by atoms with Crippen molar-refractivity contribution in [3.05, 3.63) is 23.8 Å². The molecule has 2 amide bonds. The number of phenolic OH excluding ortho intramolecular Hbond substituents is 1. The molecule has 0 bridgehead atoms. The van der Waals surface area contributed by atoms with Gasteiger partial charge in [0, 0.05) is 12.1 Å². The monoisotopic (exact) mass is 279 g/mol. The van der Waals surface area contributed by atoms with Crippen LogP contribution >= 0.6 is 0 Å². The van der Waals surface area contributed by atoms with E-state index in [4.69, 9.17) is 5.73 Å². The Morgan fingerprint density at radius 2 is 2.15 bits per heavy atom. The third-order valence-corrected chi connectivity index (χ3v) is 3.60. The lowest BCUT2D eigenvalue weighted by Gasteiger charge is -2.30. The zero-order chi connectivity index (χ0) is 14.5. The normalized spacial score (nSPS) is 22.4. The highest BCUT2D eigenvalue weighted by Crippen LogP contribution is 2.25. The van der Waals surface area contributed by atoms with E-state index in [1.807, 2.05) is 6.07 Å². The standard InChI is InChI=1S/C14H21N3O3/c15-14(20)17-12-7-9(4-5-13(12)19)6-10-2-1-3-11(8-18)16-10/h4-5,7,10-11,16,18-19H,1-3,6,8H2,(H3,15,17,20). The molecule has 2 rings (SSSR count). The largest absolute Gasteiger partial charge is 0.506 e. The molecule has 6 nitrogen and oxygen atoms in total. The van der Waals surface area contributed by atoms with E-state index >= 15 is 0 Å². The first-order valence-electron chi connectivity index (χ1n) is 6.83. The van der Waals surface area contributed by atoms with Gasteiger partial charge in [0.2, 0.25) is 0 Å². The smallest absolute Gasteiger partial charge is 0.316 e. The molecule has 1 saturated heterocycles. The molecular formula is C14H21N3O3. The Hall–Kier alpha value is -1.79. The molecule has 1 aliphatic heterocycles. The van der Waals surface area contributed by atoms with Crippen molar-refractivity contribution >= 4 is 11.7 Å². The molecule has 0 radical (unpaired) electrons. The quantitative estimate of drug-likeness (QED) is 0.528. The van der Waals surface area contributed by atoms with E-state index in [9.17, 15) is 15.0 Å². The summed E-state index contributed by atoms with van der Waals surface area (Å²) in [4.78, 5) is 10.9. The van der Waals surface area contributed by atoms with Crippen LogP contribution in [0, 0.1) is 0 Å². The van der Waals surface area contributed by atoms with E-state index in [1.165, 1.54) is 0 Å². The number of urea groups is 1. The minimum atomic E-state index is -0.700. The Balaban J connectivity index is 2.03. The van der Waals surface area contributed by atoms with Crippen molar-refractivity contribution in [1.29, 1.82) is 0 Å². The van der Waals surface area contributed by atoms with Gasteiger partial charge in [0.15, 0.2) is 0 Å². The van der Waals surface area contributed by atoms with Crippen LogP contribution in [-0.2, 0) is 6.42 Å². The summed E-state index contributed by atoms with van der Waals surface area (Å²) in [6, 6.07) is 4.86. The highest BCUT2D eigenvalue weighted by molar-refractivity contribution is 5.89. The summed E-state index contributed by atoms with van der Waals surface area (Å²) in [5, 5.41) is 24.6. The van der Waals surface area contributed by atoms with E-state index in [0.717, 1.165) is 31.2 Å². The van der Waals surface area contributed by atoms with Crippen LogP contribution in [0.15, 0.2) is 18.2 Å². The molecule has 0 saturated carbocycles. The van der Waals surface area contributed by atoms with Gasteiger partial charge in [-0.3, -0.25) is 0 Å². The van der Waals surface area contributed by atoms with Crippen molar-refractivity contribution in [2.75, 3.05) is 11.9 Å². The number of nitrogens with one attached hydrogen (secondary N) is 2. The van der Waals surface area contributed by atoms with Gasteiger partial charge in [0.1, 0.15) is 5.75 Å². The zero-order valence-corrected chi connectivity index (χ0v) is 11.3. The van der Waals surface area contributed by atoms with Gasteiger partial charge in [-0.1, -0.05) is 12.5 Å². The van der Waals surface area contributed by atoms with Crippen molar-refractivity contribution in [3.63, 3.8) is 0 Å². The average Bonchev–Trinajstić information content (AvgIpc) is 2.42. The van der Waals surface area contributed by atoms with Crippen LogP contribution in [0.25, 0.3) is 0 Å². The average molecular weight is 279 g/mol. The Kier molecular flexibility index (Phi) is 4.81. The summed E-state index contributed by atoms with van der Waals surface area (Å²) < 4.78 is 0. The van der Waals surface area contributed by atoms with Crippen LogP contribution in [0.3, 0.4) is 0 Å². The SMILES string of the molecule is NC(=O)Nc1cc(CC2CCCC(CO)N2)ccc1O. The molecule has 1 heterocycles. The second kappa shape index (κ2) is 6.58. The lowest BCUT2D eigenvalue weighted by atomic mass is 9.94. The van der Waals surface area contributed by atoms with Gasteiger partial charge >= 0.3 is 6.03 Å². The van der Waals surface area contributed by atoms with E-state index in [-0.39, 0.29) is 18.4 Å². The second-order valence-electron chi connectivity index (χ2n) is 5.22. The first kappa shape index (κ1) is 14.6. The van der Waals surface area contributed by atoms with Gasteiger partial charge < -0.3 is 26.6 Å². The molecule has 0 aliphatic carbocycles. The number of anilines is 1. The van der Waals surface area contributed by atoms with E-state index in [0.29, 0.717) is 11.7 Å². The fourth-order valence-electron chi connectivity index (χ4n) is 2.64. The number of piperidine rings is 1. The molecule has 0 aromatic heterocycles. The number of hydrogen-bond acceptors (Lipinski definition) is 4. The molecule has 1 aromatic carbocycles. The van der Waals surface area contributed by atoms with Gasteiger partial charge in [-0.2, -0.15) is 0 Å². The predicted octanol–water partition coefficient (Wildman–Crippen LogP) is 0.928. The molecule has 0 spiro atoms. The van der Waals surface area contributed by atoms with Gasteiger partial charge in [-0.15, -0.1) is 0 Å². The summed E-state index contributed by atoms with van der Waals surface area (Å²) in [6.07, 6.45) is 3.92. The number of aliphatic hydroxyl groups is 1. The van der Waals surface area contributed by atoms with Crippen LogP contribution in [0.4, 0.5) is 10.5 Å². The Bertz CT molecular complexity index is 479. The Morgan fingerprint density at radius 3 is 2.85 bits per heavy atom. The minimum absolute atomic E-state index is 0.00242. The summed E-state index contributed by atoms with van der Waals surface area (Å²) in [5.41, 5.74) is 6.39. The first-order valence-corrected chi connectivity index (χ1v) is 6.83. The fraction of sp³-hybridized carbons (Fsp3) is 0.500. The lowest BCUT2D eigenvalue weighted by Crippen LogP contribution is -2.45. The molecular weight excluding hydrogens is 258 g/mol. The summed E-state index contributed by atoms with van der Waals surface area (Å²) in [5.74, 6) is -0.00242. The number of hydrogen-bond donors (Lipinski definition) is 5. The summed E-state index contributed by atoms with van der Waals surface area (Å²) >= 11 is 0. The molecule has 2 atom stereocenters. The number of phenols is 1. The van der Waals surface area contributed by atoms with Gasteiger partial charge in [0.25, 0.3) is 0 Å². The molecule has 6 N–H and O–H groups in total. The number of carbonyl (C=O) groups is 1. The number of rotatable bonds is 4. The third kappa shape index (κ3) is 3.85. The minimum Gasteiger partial charge on any atom is -0.506 e. The van der Waals surface area contributed by atoms with Gasteiger partial charge in [-0.25, -0.2) is 4.79 Å². The van der Waals surface area contributed by atoms with Crippen molar-refractivity contribution in [3.8, 4) is 5.75 Å². The molecule has 6 heteroatoms. The van der Waals surface area contributed by atoms with Crippen molar-refractivity contribution in [2.45, 2.75) is 37.8 Å². The Labute approximate surface area is 118 Å². The maximum Gasteiger partial charge on any atom is 0.316 e.